The van der Waals surface area contributed by atoms with E-state index in [4.69, 9.17) is 30.9 Å². The van der Waals surface area contributed by atoms with Crippen molar-refractivity contribution in [3.05, 3.63) is 70.2 Å². The number of fused-ring (bicyclic) bond motifs is 1. The molecule has 4 aromatic rings. The molecule has 0 fully saturated rings. The third-order valence-electron chi connectivity index (χ3n) is 5.98. The number of benzene rings is 2. The summed E-state index contributed by atoms with van der Waals surface area (Å²) in [5, 5.41) is 9.42. The summed E-state index contributed by atoms with van der Waals surface area (Å²) in [5.41, 5.74) is 1.90. The van der Waals surface area contributed by atoms with Crippen LogP contribution >= 0.6 is 22.9 Å². The molecule has 0 saturated heterocycles. The average molecular weight is 571 g/mol. The second kappa shape index (κ2) is 12.3. The smallest absolute Gasteiger partial charge is 0.309 e. The molecule has 1 N–H and O–H groups in total. The van der Waals surface area contributed by atoms with Gasteiger partial charge in [0.2, 0.25) is 0 Å². The molecular weight excluding hydrogens is 544 g/mol. The van der Waals surface area contributed by atoms with Crippen LogP contribution in [0.3, 0.4) is 0 Å². The van der Waals surface area contributed by atoms with Crippen LogP contribution in [0.4, 0.5) is 0 Å². The van der Waals surface area contributed by atoms with E-state index in [-0.39, 0.29) is 25.0 Å². The first kappa shape index (κ1) is 28.1. The Labute approximate surface area is 233 Å². The predicted molar refractivity (Wildman–Crippen MR) is 149 cm³/mol. The molecule has 2 aromatic carbocycles. The first-order valence-electron chi connectivity index (χ1n) is 12.2. The number of carbonyl (C=O) groups excluding carboxylic acids is 1. The summed E-state index contributed by atoms with van der Waals surface area (Å²) in [6.07, 6.45) is 1.000. The van der Waals surface area contributed by atoms with Gasteiger partial charge in [0.1, 0.15) is 23.7 Å². The molecule has 2 heterocycles. The Morgan fingerprint density at radius 1 is 1.10 bits per heavy atom. The van der Waals surface area contributed by atoms with E-state index in [0.717, 1.165) is 10.4 Å². The lowest BCUT2D eigenvalue weighted by Gasteiger charge is -2.18. The zero-order valence-electron chi connectivity index (χ0n) is 21.5. The van der Waals surface area contributed by atoms with Gasteiger partial charge in [-0.3, -0.25) is 19.0 Å². The molecular formula is C28H27ClN2O7S. The van der Waals surface area contributed by atoms with E-state index in [9.17, 15) is 14.4 Å². The maximum atomic E-state index is 13.3. The number of methoxy groups -OCH3 is 1. The van der Waals surface area contributed by atoms with Gasteiger partial charge < -0.3 is 19.3 Å². The first-order chi connectivity index (χ1) is 18.7. The monoisotopic (exact) mass is 570 g/mol. The number of halogens is 1. The second-order valence-electron chi connectivity index (χ2n) is 8.98. The summed E-state index contributed by atoms with van der Waals surface area (Å²) in [7, 11) is 1.49. The van der Waals surface area contributed by atoms with Crippen molar-refractivity contribution in [1.29, 1.82) is 0 Å². The summed E-state index contributed by atoms with van der Waals surface area (Å²) >= 11 is 7.36. The Morgan fingerprint density at radius 2 is 1.85 bits per heavy atom. The third-order valence-corrected chi connectivity index (χ3v) is 7.39. The number of aromatic nitrogens is 2. The summed E-state index contributed by atoms with van der Waals surface area (Å²) < 4.78 is 18.6. The number of nitrogens with zero attached hydrogens (tertiary/aromatic N) is 2. The van der Waals surface area contributed by atoms with E-state index < -0.39 is 24.0 Å². The number of rotatable bonds is 11. The molecule has 2 aromatic heterocycles. The second-order valence-corrected chi connectivity index (χ2v) is 10.5. The number of carbonyl (C=O) groups is 2. The number of esters is 1. The zero-order chi connectivity index (χ0) is 28.1. The lowest BCUT2D eigenvalue weighted by Crippen LogP contribution is -2.26. The Morgan fingerprint density at radius 3 is 2.54 bits per heavy atom. The first-order valence-corrected chi connectivity index (χ1v) is 13.4. The summed E-state index contributed by atoms with van der Waals surface area (Å²) in [5.74, 6) is -1.18. The molecule has 0 spiro atoms. The van der Waals surface area contributed by atoms with Crippen LogP contribution in [0.1, 0.15) is 26.7 Å². The molecule has 0 aliphatic heterocycles. The van der Waals surface area contributed by atoms with Gasteiger partial charge in [-0.1, -0.05) is 30.7 Å². The van der Waals surface area contributed by atoms with Crippen LogP contribution in [0, 0.1) is 5.92 Å². The third kappa shape index (κ3) is 6.76. The predicted octanol–water partition coefficient (Wildman–Crippen LogP) is 5.59. The van der Waals surface area contributed by atoms with E-state index in [0.29, 0.717) is 32.4 Å². The van der Waals surface area contributed by atoms with Gasteiger partial charge in [0.15, 0.2) is 11.5 Å². The van der Waals surface area contributed by atoms with Crippen molar-refractivity contribution >= 4 is 45.1 Å². The molecule has 2 atom stereocenters. The molecule has 0 amide bonds. The quantitative estimate of drug-likeness (QED) is 0.232. The molecule has 39 heavy (non-hydrogen) atoms. The van der Waals surface area contributed by atoms with Crippen molar-refractivity contribution in [2.75, 3.05) is 13.7 Å². The summed E-state index contributed by atoms with van der Waals surface area (Å²) in [6.45, 7) is 3.37. The molecule has 1 unspecified atom stereocenters. The fourth-order valence-electron chi connectivity index (χ4n) is 3.79. The fourth-order valence-corrected chi connectivity index (χ4v) is 4.96. The zero-order valence-corrected chi connectivity index (χ0v) is 23.1. The highest BCUT2D eigenvalue weighted by atomic mass is 35.5. The number of aliphatic carboxylic acids is 1. The van der Waals surface area contributed by atoms with E-state index in [1.165, 1.54) is 29.3 Å². The van der Waals surface area contributed by atoms with Crippen LogP contribution in [0.2, 0.25) is 5.02 Å². The van der Waals surface area contributed by atoms with E-state index in [1.54, 1.807) is 44.2 Å². The van der Waals surface area contributed by atoms with Crippen molar-refractivity contribution < 1.29 is 28.9 Å². The van der Waals surface area contributed by atoms with E-state index in [2.05, 4.69) is 4.98 Å². The number of carboxylic acid groups (broad SMARTS) is 1. The highest BCUT2D eigenvalue weighted by Crippen LogP contribution is 2.33. The molecule has 0 bridgehead atoms. The van der Waals surface area contributed by atoms with Crippen LogP contribution in [0.15, 0.2) is 59.7 Å². The highest BCUT2D eigenvalue weighted by molar-refractivity contribution is 7.22. The average Bonchev–Trinajstić information content (AvgIpc) is 3.36. The largest absolute Gasteiger partial charge is 0.493 e. The Hall–Kier alpha value is -3.89. The number of thiophene rings is 1. The lowest BCUT2D eigenvalue weighted by molar-refractivity contribution is -0.154. The van der Waals surface area contributed by atoms with Crippen LogP contribution in [0.5, 0.6) is 11.5 Å². The SMILES string of the molecule is COc1cc(-n2cnc3cc(-c4ccc(Cl)cc4)sc3c2=O)ccc1OCC(C)OC(=O)[C@@H](C)CCC(=O)O. The summed E-state index contributed by atoms with van der Waals surface area (Å²) in [6, 6.07) is 14.3. The molecule has 0 saturated carbocycles. The fraction of sp³-hybridized carbons (Fsp3) is 0.286. The normalized spacial score (nSPS) is 12.6. The van der Waals surface area contributed by atoms with Gasteiger partial charge in [-0.05, 0) is 49.2 Å². The Balaban J connectivity index is 1.48. The minimum absolute atomic E-state index is 0.0588. The molecule has 0 radical (unpaired) electrons. The maximum absolute atomic E-state index is 13.3. The maximum Gasteiger partial charge on any atom is 0.309 e. The van der Waals surface area contributed by atoms with Crippen LogP contribution < -0.4 is 15.0 Å². The Kier molecular flexibility index (Phi) is 8.88. The topological polar surface area (TPSA) is 117 Å². The van der Waals surface area contributed by atoms with Gasteiger partial charge in [0.25, 0.3) is 5.56 Å². The minimum Gasteiger partial charge on any atom is -0.493 e. The van der Waals surface area contributed by atoms with Gasteiger partial charge in [-0.15, -0.1) is 11.3 Å². The Bertz CT molecular complexity index is 1550. The van der Waals surface area contributed by atoms with Crippen molar-refractivity contribution in [1.82, 2.24) is 9.55 Å². The van der Waals surface area contributed by atoms with Crippen molar-refractivity contribution in [3.63, 3.8) is 0 Å². The number of hydrogen-bond donors (Lipinski definition) is 1. The molecule has 0 aliphatic carbocycles. The van der Waals surface area contributed by atoms with Crippen LogP contribution in [0.25, 0.3) is 26.3 Å². The minimum atomic E-state index is -0.961. The van der Waals surface area contributed by atoms with Gasteiger partial charge in [-0.2, -0.15) is 0 Å². The van der Waals surface area contributed by atoms with Crippen LogP contribution in [-0.2, 0) is 14.3 Å². The molecule has 204 valence electrons. The summed E-state index contributed by atoms with van der Waals surface area (Å²) in [4.78, 5) is 41.6. The van der Waals surface area contributed by atoms with Gasteiger partial charge in [0.05, 0.1) is 24.2 Å². The van der Waals surface area contributed by atoms with E-state index >= 15 is 0 Å². The molecule has 9 nitrogen and oxygen atoms in total. The van der Waals surface area contributed by atoms with Crippen molar-refractivity contribution in [2.24, 2.45) is 5.92 Å². The number of ether oxygens (including phenoxy) is 3. The van der Waals surface area contributed by atoms with Gasteiger partial charge in [-0.25, -0.2) is 4.98 Å². The standard InChI is InChI=1S/C28H27ClN2O7S/c1-16(4-11-25(32)33)28(35)38-17(2)14-37-22-10-9-20(12-23(22)36-3)31-15-30-21-13-24(39-26(21)27(31)34)18-5-7-19(29)8-6-18/h5-10,12-13,15-17H,4,11,14H2,1-3H3,(H,32,33)/t16-,17?/m0/s1. The van der Waals surface area contributed by atoms with Crippen LogP contribution in [-0.4, -0.2) is 46.4 Å². The van der Waals surface area contributed by atoms with Gasteiger partial charge >= 0.3 is 11.9 Å². The highest BCUT2D eigenvalue weighted by Gasteiger charge is 2.20. The molecule has 11 heteroatoms. The number of carboxylic acids is 1. The molecule has 4 rings (SSSR count). The van der Waals surface area contributed by atoms with Crippen molar-refractivity contribution in [3.8, 4) is 27.6 Å². The van der Waals surface area contributed by atoms with E-state index in [1.807, 2.05) is 18.2 Å². The molecule has 0 aliphatic rings. The van der Waals surface area contributed by atoms with Crippen molar-refractivity contribution in [2.45, 2.75) is 32.8 Å². The number of hydrogen-bond acceptors (Lipinski definition) is 8. The van der Waals surface area contributed by atoms with Gasteiger partial charge in [0, 0.05) is 22.4 Å². The lowest BCUT2D eigenvalue weighted by atomic mass is 10.1.